The van der Waals surface area contributed by atoms with Crippen LogP contribution < -0.4 is 5.73 Å². The van der Waals surface area contributed by atoms with Gasteiger partial charge in [0.05, 0.1) is 0 Å². The predicted molar refractivity (Wildman–Crippen MR) is 54.2 cm³/mol. The maximum atomic E-state index is 6.00. The first-order chi connectivity index (χ1) is 6.33. The molecule has 1 aliphatic carbocycles. The summed E-state index contributed by atoms with van der Waals surface area (Å²) in [6, 6.07) is 8.53. The highest BCUT2D eigenvalue weighted by Crippen LogP contribution is 2.40. The maximum absolute atomic E-state index is 6.00. The summed E-state index contributed by atoms with van der Waals surface area (Å²) in [4.78, 5) is 0. The Morgan fingerprint density at radius 3 is 2.77 bits per heavy atom. The maximum Gasteiger partial charge on any atom is 0.0303 e. The van der Waals surface area contributed by atoms with E-state index >= 15 is 0 Å². The van der Waals surface area contributed by atoms with Gasteiger partial charge in [-0.3, -0.25) is 0 Å². The molecule has 0 bridgehead atoms. The Morgan fingerprint density at radius 2 is 2.08 bits per heavy atom. The quantitative estimate of drug-likeness (QED) is 0.644. The normalized spacial score (nSPS) is 25.2. The van der Waals surface area contributed by atoms with Crippen LogP contribution in [0.4, 0.5) is 0 Å². The van der Waals surface area contributed by atoms with Gasteiger partial charge < -0.3 is 5.73 Å². The Bertz CT molecular complexity index is 348. The van der Waals surface area contributed by atoms with Crippen molar-refractivity contribution < 1.29 is 0 Å². The molecule has 0 heterocycles. The van der Waals surface area contributed by atoms with Crippen molar-refractivity contribution >= 4 is 0 Å². The molecule has 2 atom stereocenters. The second kappa shape index (κ2) is 3.24. The Hall–Kier alpha value is -1.26. The summed E-state index contributed by atoms with van der Waals surface area (Å²) in [7, 11) is 0. The van der Waals surface area contributed by atoms with Crippen molar-refractivity contribution in [3.8, 4) is 12.3 Å². The second-order valence-corrected chi connectivity index (χ2v) is 3.58. The SMILES string of the molecule is C#CCC1CC(N)c2ccccc21. The first-order valence-electron chi connectivity index (χ1n) is 4.61. The molecule has 1 nitrogen and oxygen atoms in total. The van der Waals surface area contributed by atoms with Crippen LogP contribution in [0, 0.1) is 12.3 Å². The molecule has 13 heavy (non-hydrogen) atoms. The molecule has 2 rings (SSSR count). The number of hydrogen-bond donors (Lipinski definition) is 1. The number of terminal acetylenes is 1. The van der Waals surface area contributed by atoms with Crippen LogP contribution in [-0.4, -0.2) is 0 Å². The van der Waals surface area contributed by atoms with E-state index in [1.54, 1.807) is 0 Å². The van der Waals surface area contributed by atoms with E-state index in [0.717, 1.165) is 12.8 Å². The average Bonchev–Trinajstić information content (AvgIpc) is 2.46. The lowest BCUT2D eigenvalue weighted by molar-refractivity contribution is 0.614. The molecular weight excluding hydrogens is 158 g/mol. The molecule has 0 spiro atoms. The van der Waals surface area contributed by atoms with E-state index in [2.05, 4.69) is 24.1 Å². The molecule has 0 fully saturated rings. The van der Waals surface area contributed by atoms with Crippen LogP contribution in [0.2, 0.25) is 0 Å². The highest BCUT2D eigenvalue weighted by Gasteiger charge is 2.26. The third-order valence-corrected chi connectivity index (χ3v) is 2.74. The first-order valence-corrected chi connectivity index (χ1v) is 4.61. The standard InChI is InChI=1S/C12H13N/c1-2-5-9-8-12(13)11-7-4-3-6-10(9)11/h1,3-4,6-7,9,12H,5,8,13H2. The van der Waals surface area contributed by atoms with E-state index in [1.165, 1.54) is 11.1 Å². The topological polar surface area (TPSA) is 26.0 Å². The van der Waals surface area contributed by atoms with Gasteiger partial charge in [-0.2, -0.15) is 0 Å². The lowest BCUT2D eigenvalue weighted by Gasteiger charge is -2.05. The van der Waals surface area contributed by atoms with Crippen LogP contribution >= 0.6 is 0 Å². The minimum absolute atomic E-state index is 0.189. The van der Waals surface area contributed by atoms with Crippen LogP contribution in [-0.2, 0) is 0 Å². The van der Waals surface area contributed by atoms with Gasteiger partial charge in [0.1, 0.15) is 0 Å². The molecule has 2 unspecified atom stereocenters. The van der Waals surface area contributed by atoms with E-state index in [-0.39, 0.29) is 6.04 Å². The fourth-order valence-electron chi connectivity index (χ4n) is 2.12. The van der Waals surface area contributed by atoms with E-state index in [4.69, 9.17) is 12.2 Å². The summed E-state index contributed by atoms with van der Waals surface area (Å²) in [5, 5.41) is 0. The Balaban J connectivity index is 2.37. The van der Waals surface area contributed by atoms with Crippen LogP contribution in [0.5, 0.6) is 0 Å². The number of benzene rings is 1. The van der Waals surface area contributed by atoms with E-state index in [0.29, 0.717) is 5.92 Å². The van der Waals surface area contributed by atoms with Crippen molar-refractivity contribution in [3.63, 3.8) is 0 Å². The van der Waals surface area contributed by atoms with Crippen LogP contribution in [0.1, 0.15) is 35.9 Å². The van der Waals surface area contributed by atoms with Crippen molar-refractivity contribution in [2.45, 2.75) is 24.8 Å². The Labute approximate surface area is 79.0 Å². The molecule has 2 N–H and O–H groups in total. The van der Waals surface area contributed by atoms with Gasteiger partial charge in [-0.1, -0.05) is 24.3 Å². The van der Waals surface area contributed by atoms with Crippen LogP contribution in [0.15, 0.2) is 24.3 Å². The van der Waals surface area contributed by atoms with E-state index in [1.807, 2.05) is 6.07 Å². The van der Waals surface area contributed by atoms with Crippen molar-refractivity contribution in [2.75, 3.05) is 0 Å². The van der Waals surface area contributed by atoms with Crippen molar-refractivity contribution in [2.24, 2.45) is 5.73 Å². The highest BCUT2D eigenvalue weighted by atomic mass is 14.7. The molecule has 0 saturated heterocycles. The monoisotopic (exact) mass is 171 g/mol. The number of fused-ring (bicyclic) bond motifs is 1. The van der Waals surface area contributed by atoms with Gasteiger partial charge in [0.15, 0.2) is 0 Å². The molecule has 0 radical (unpaired) electrons. The molecule has 0 saturated carbocycles. The highest BCUT2D eigenvalue weighted by molar-refractivity contribution is 5.38. The predicted octanol–water partition coefficient (Wildman–Crippen LogP) is 2.20. The largest absolute Gasteiger partial charge is 0.324 e. The van der Waals surface area contributed by atoms with Crippen LogP contribution in [0.3, 0.4) is 0 Å². The summed E-state index contributed by atoms with van der Waals surface area (Å²) in [6.07, 6.45) is 7.13. The zero-order chi connectivity index (χ0) is 9.26. The van der Waals surface area contributed by atoms with Gasteiger partial charge in [0, 0.05) is 12.5 Å². The molecule has 1 aliphatic rings. The van der Waals surface area contributed by atoms with Gasteiger partial charge in [-0.25, -0.2) is 0 Å². The van der Waals surface area contributed by atoms with Gasteiger partial charge in [0.25, 0.3) is 0 Å². The van der Waals surface area contributed by atoms with Gasteiger partial charge in [-0.05, 0) is 23.5 Å². The molecule has 66 valence electrons. The average molecular weight is 171 g/mol. The molecule has 1 heteroatoms. The fourth-order valence-corrected chi connectivity index (χ4v) is 2.12. The minimum atomic E-state index is 0.189. The summed E-state index contributed by atoms with van der Waals surface area (Å²) in [5.74, 6) is 3.20. The number of rotatable bonds is 1. The minimum Gasteiger partial charge on any atom is -0.324 e. The van der Waals surface area contributed by atoms with Gasteiger partial charge >= 0.3 is 0 Å². The van der Waals surface area contributed by atoms with E-state index in [9.17, 15) is 0 Å². The third kappa shape index (κ3) is 1.34. The van der Waals surface area contributed by atoms with E-state index < -0.39 is 0 Å². The lowest BCUT2D eigenvalue weighted by atomic mass is 9.98. The summed E-state index contributed by atoms with van der Waals surface area (Å²) >= 11 is 0. The smallest absolute Gasteiger partial charge is 0.0303 e. The molecule has 0 aliphatic heterocycles. The molecule has 1 aromatic rings. The molecule has 1 aromatic carbocycles. The lowest BCUT2D eigenvalue weighted by Crippen LogP contribution is -2.05. The van der Waals surface area contributed by atoms with Crippen molar-refractivity contribution in [1.82, 2.24) is 0 Å². The summed E-state index contributed by atoms with van der Waals surface area (Å²) in [6.45, 7) is 0. The molecule has 0 amide bonds. The first kappa shape index (κ1) is 8.34. The summed E-state index contributed by atoms with van der Waals surface area (Å²) in [5.41, 5.74) is 8.63. The second-order valence-electron chi connectivity index (χ2n) is 3.58. The van der Waals surface area contributed by atoms with Gasteiger partial charge in [-0.15, -0.1) is 12.3 Å². The molecular formula is C12H13N. The molecule has 0 aromatic heterocycles. The Kier molecular flexibility index (Phi) is 2.08. The zero-order valence-corrected chi connectivity index (χ0v) is 7.53. The van der Waals surface area contributed by atoms with Crippen molar-refractivity contribution in [1.29, 1.82) is 0 Å². The summed E-state index contributed by atoms with van der Waals surface area (Å²) < 4.78 is 0. The number of hydrogen-bond acceptors (Lipinski definition) is 1. The Morgan fingerprint density at radius 1 is 1.38 bits per heavy atom. The van der Waals surface area contributed by atoms with Crippen LogP contribution in [0.25, 0.3) is 0 Å². The third-order valence-electron chi connectivity index (χ3n) is 2.74. The van der Waals surface area contributed by atoms with Gasteiger partial charge in [0.2, 0.25) is 0 Å². The number of nitrogens with two attached hydrogens (primary N) is 1. The zero-order valence-electron chi connectivity index (χ0n) is 7.53. The van der Waals surface area contributed by atoms with Crippen molar-refractivity contribution in [3.05, 3.63) is 35.4 Å². The fraction of sp³-hybridized carbons (Fsp3) is 0.333.